The average molecular weight is 274 g/mol. The number of benzene rings is 1. The summed E-state index contributed by atoms with van der Waals surface area (Å²) in [7, 11) is 0. The van der Waals surface area contributed by atoms with Gasteiger partial charge in [-0.2, -0.15) is 0 Å². The minimum atomic E-state index is -1.03. The molecule has 0 fully saturated rings. The number of aliphatic hydroxyl groups is 1. The van der Waals surface area contributed by atoms with Crippen molar-refractivity contribution in [3.05, 3.63) is 53.9 Å². The molecule has 0 bridgehead atoms. The molecule has 0 saturated carbocycles. The zero-order valence-corrected chi connectivity index (χ0v) is 10.6. The molecular weight excluding hydrogens is 260 g/mol. The topological polar surface area (TPSA) is 93.6 Å². The van der Waals surface area contributed by atoms with Gasteiger partial charge < -0.3 is 20.1 Å². The molecule has 20 heavy (non-hydrogen) atoms. The number of aliphatic hydroxyl groups excluding tert-OH is 1. The number of amides is 1. The first kappa shape index (κ1) is 13.8. The Balaban J connectivity index is 2.28. The number of carboxylic acids is 1. The Hall–Kier alpha value is -2.60. The Morgan fingerprint density at radius 3 is 2.35 bits per heavy atom. The second kappa shape index (κ2) is 6.03. The Morgan fingerprint density at radius 1 is 1.15 bits per heavy atom. The molecule has 0 aliphatic carbocycles. The van der Waals surface area contributed by atoms with Crippen molar-refractivity contribution in [3.8, 4) is 0 Å². The molecule has 0 atom stereocenters. The molecule has 6 heteroatoms. The molecule has 0 spiro atoms. The lowest BCUT2D eigenvalue weighted by molar-refractivity contribution is 0.0696. The SMILES string of the molecule is O=C(O)c1ccc(N(CCO)C(=O)c2ccc[nH]2)cc1. The van der Waals surface area contributed by atoms with Crippen LogP contribution in [-0.2, 0) is 0 Å². The van der Waals surface area contributed by atoms with Gasteiger partial charge in [0, 0.05) is 18.4 Å². The van der Waals surface area contributed by atoms with Crippen LogP contribution in [0.3, 0.4) is 0 Å². The van der Waals surface area contributed by atoms with E-state index in [1.165, 1.54) is 17.0 Å². The van der Waals surface area contributed by atoms with Gasteiger partial charge in [-0.1, -0.05) is 0 Å². The smallest absolute Gasteiger partial charge is 0.335 e. The Kier molecular flexibility index (Phi) is 4.17. The number of nitrogens with one attached hydrogen (secondary N) is 1. The van der Waals surface area contributed by atoms with E-state index < -0.39 is 5.97 Å². The molecule has 1 aromatic carbocycles. The maximum absolute atomic E-state index is 12.3. The lowest BCUT2D eigenvalue weighted by Gasteiger charge is -2.21. The van der Waals surface area contributed by atoms with E-state index in [2.05, 4.69) is 4.98 Å². The largest absolute Gasteiger partial charge is 0.478 e. The van der Waals surface area contributed by atoms with Crippen molar-refractivity contribution in [2.75, 3.05) is 18.1 Å². The Bertz CT molecular complexity index is 590. The van der Waals surface area contributed by atoms with E-state index in [1.54, 1.807) is 30.5 Å². The van der Waals surface area contributed by atoms with Gasteiger partial charge in [-0.15, -0.1) is 0 Å². The number of aromatic carboxylic acids is 1. The molecule has 3 N–H and O–H groups in total. The summed E-state index contributed by atoms with van der Waals surface area (Å²) in [6, 6.07) is 9.27. The summed E-state index contributed by atoms with van der Waals surface area (Å²) in [5.41, 5.74) is 1.08. The molecule has 104 valence electrons. The van der Waals surface area contributed by atoms with E-state index in [1.807, 2.05) is 0 Å². The highest BCUT2D eigenvalue weighted by molar-refractivity contribution is 6.05. The van der Waals surface area contributed by atoms with Gasteiger partial charge in [0.1, 0.15) is 5.69 Å². The number of nitrogens with zero attached hydrogens (tertiary/aromatic N) is 1. The maximum Gasteiger partial charge on any atom is 0.335 e. The number of anilines is 1. The lowest BCUT2D eigenvalue weighted by Crippen LogP contribution is -2.33. The van der Waals surface area contributed by atoms with Gasteiger partial charge >= 0.3 is 5.97 Å². The van der Waals surface area contributed by atoms with Gasteiger partial charge in [0.25, 0.3) is 5.91 Å². The van der Waals surface area contributed by atoms with Gasteiger partial charge in [0.2, 0.25) is 0 Å². The van der Waals surface area contributed by atoms with E-state index in [0.29, 0.717) is 11.4 Å². The zero-order valence-electron chi connectivity index (χ0n) is 10.6. The number of H-pyrrole nitrogens is 1. The van der Waals surface area contributed by atoms with Crippen LogP contribution in [0.15, 0.2) is 42.6 Å². The van der Waals surface area contributed by atoms with Crippen LogP contribution in [-0.4, -0.2) is 40.2 Å². The van der Waals surface area contributed by atoms with Crippen LogP contribution in [0.2, 0.25) is 0 Å². The Labute approximate surface area is 115 Å². The lowest BCUT2D eigenvalue weighted by atomic mass is 10.2. The van der Waals surface area contributed by atoms with Gasteiger partial charge in [-0.05, 0) is 36.4 Å². The van der Waals surface area contributed by atoms with E-state index >= 15 is 0 Å². The van der Waals surface area contributed by atoms with E-state index in [4.69, 9.17) is 10.2 Å². The molecule has 0 aliphatic heterocycles. The van der Waals surface area contributed by atoms with Crippen LogP contribution in [0.25, 0.3) is 0 Å². The third kappa shape index (κ3) is 2.86. The summed E-state index contributed by atoms with van der Waals surface area (Å²) in [5.74, 6) is -1.31. The number of aromatic nitrogens is 1. The van der Waals surface area contributed by atoms with Crippen LogP contribution in [0.5, 0.6) is 0 Å². The zero-order chi connectivity index (χ0) is 14.5. The number of carbonyl (C=O) groups excluding carboxylic acids is 1. The summed E-state index contributed by atoms with van der Waals surface area (Å²) in [4.78, 5) is 27.3. The summed E-state index contributed by atoms with van der Waals surface area (Å²) in [5, 5.41) is 17.9. The minimum absolute atomic E-state index is 0.129. The van der Waals surface area contributed by atoms with Gasteiger partial charge in [-0.25, -0.2) is 4.79 Å². The number of rotatable bonds is 5. The molecule has 1 heterocycles. The van der Waals surface area contributed by atoms with E-state index in [9.17, 15) is 9.59 Å². The van der Waals surface area contributed by atoms with Crippen molar-refractivity contribution < 1.29 is 19.8 Å². The number of carbonyl (C=O) groups is 2. The minimum Gasteiger partial charge on any atom is -0.478 e. The van der Waals surface area contributed by atoms with Crippen LogP contribution < -0.4 is 4.90 Å². The maximum atomic E-state index is 12.3. The standard InChI is InChI=1S/C14H14N2O4/c17-9-8-16(13(18)12-2-1-7-15-12)11-5-3-10(4-6-11)14(19)20/h1-7,15,17H,8-9H2,(H,19,20). The van der Waals surface area contributed by atoms with E-state index in [-0.39, 0.29) is 24.6 Å². The molecule has 1 aromatic heterocycles. The molecule has 2 aromatic rings. The van der Waals surface area contributed by atoms with Crippen molar-refractivity contribution in [1.82, 2.24) is 4.98 Å². The molecule has 2 rings (SSSR count). The van der Waals surface area contributed by atoms with Crippen molar-refractivity contribution >= 4 is 17.6 Å². The predicted octanol–water partition coefficient (Wildman–Crippen LogP) is 1.35. The quantitative estimate of drug-likeness (QED) is 0.767. The third-order valence-electron chi connectivity index (χ3n) is 2.82. The summed E-state index contributed by atoms with van der Waals surface area (Å²) in [6.07, 6.45) is 1.64. The Morgan fingerprint density at radius 2 is 1.85 bits per heavy atom. The number of hydrogen-bond donors (Lipinski definition) is 3. The summed E-state index contributed by atoms with van der Waals surface area (Å²) < 4.78 is 0. The first-order chi connectivity index (χ1) is 9.63. The van der Waals surface area contributed by atoms with Crippen LogP contribution in [0.4, 0.5) is 5.69 Å². The number of aromatic amines is 1. The van der Waals surface area contributed by atoms with Crippen molar-refractivity contribution in [2.45, 2.75) is 0 Å². The number of hydrogen-bond acceptors (Lipinski definition) is 3. The molecule has 0 radical (unpaired) electrons. The highest BCUT2D eigenvalue weighted by Gasteiger charge is 2.18. The fourth-order valence-electron chi connectivity index (χ4n) is 1.84. The first-order valence-corrected chi connectivity index (χ1v) is 6.03. The first-order valence-electron chi connectivity index (χ1n) is 6.03. The van der Waals surface area contributed by atoms with E-state index in [0.717, 1.165) is 0 Å². The molecule has 0 aliphatic rings. The molecule has 1 amide bonds. The van der Waals surface area contributed by atoms with Gasteiger partial charge in [0.05, 0.1) is 12.2 Å². The van der Waals surface area contributed by atoms with Crippen molar-refractivity contribution in [2.24, 2.45) is 0 Å². The van der Waals surface area contributed by atoms with Crippen LogP contribution in [0.1, 0.15) is 20.8 Å². The summed E-state index contributed by atoms with van der Waals surface area (Å²) in [6.45, 7) is -0.0581. The van der Waals surface area contributed by atoms with Gasteiger partial charge in [0.15, 0.2) is 0 Å². The van der Waals surface area contributed by atoms with Crippen molar-refractivity contribution in [1.29, 1.82) is 0 Å². The highest BCUT2D eigenvalue weighted by Crippen LogP contribution is 2.17. The fourth-order valence-corrected chi connectivity index (χ4v) is 1.84. The fraction of sp³-hybridized carbons (Fsp3) is 0.143. The third-order valence-corrected chi connectivity index (χ3v) is 2.82. The highest BCUT2D eigenvalue weighted by atomic mass is 16.4. The normalized spacial score (nSPS) is 10.2. The molecule has 6 nitrogen and oxygen atoms in total. The van der Waals surface area contributed by atoms with Crippen LogP contribution >= 0.6 is 0 Å². The second-order valence-electron chi connectivity index (χ2n) is 4.12. The predicted molar refractivity (Wildman–Crippen MR) is 73.0 cm³/mol. The molecule has 0 unspecified atom stereocenters. The molecule has 0 saturated heterocycles. The van der Waals surface area contributed by atoms with Crippen LogP contribution in [0, 0.1) is 0 Å². The monoisotopic (exact) mass is 274 g/mol. The van der Waals surface area contributed by atoms with Crippen molar-refractivity contribution in [3.63, 3.8) is 0 Å². The number of carboxylic acid groups (broad SMARTS) is 1. The average Bonchev–Trinajstić information content (AvgIpc) is 2.98. The molecular formula is C14H14N2O4. The second-order valence-corrected chi connectivity index (χ2v) is 4.12. The summed E-state index contributed by atoms with van der Waals surface area (Å²) >= 11 is 0. The van der Waals surface area contributed by atoms with Gasteiger partial charge in [-0.3, -0.25) is 4.79 Å².